The quantitative estimate of drug-likeness (QED) is 0.595. The van der Waals surface area contributed by atoms with Crippen molar-refractivity contribution < 1.29 is 4.74 Å². The van der Waals surface area contributed by atoms with Gasteiger partial charge in [-0.15, -0.1) is 0 Å². The molecule has 1 aliphatic rings. The van der Waals surface area contributed by atoms with Gasteiger partial charge in [0.2, 0.25) is 0 Å². The number of unbranched alkanes of at least 4 members (excludes halogenated alkanes) is 4. The van der Waals surface area contributed by atoms with Crippen molar-refractivity contribution in [2.45, 2.75) is 51.0 Å². The fraction of sp³-hybridized carbons (Fsp3) is 0.923. The molecule has 3 heteroatoms. The molecule has 1 fully saturated rings. The van der Waals surface area contributed by atoms with Crippen LogP contribution in [0.4, 0.5) is 0 Å². The minimum absolute atomic E-state index is 0.657. The van der Waals surface area contributed by atoms with Crippen molar-refractivity contribution >= 4 is 0 Å². The van der Waals surface area contributed by atoms with E-state index >= 15 is 0 Å². The Kier molecular flexibility index (Phi) is 7.20. The van der Waals surface area contributed by atoms with Gasteiger partial charge in [-0.2, -0.15) is 5.26 Å². The topological polar surface area (TPSA) is 36.3 Å². The summed E-state index contributed by atoms with van der Waals surface area (Å²) in [6.45, 7) is 3.33. The smallest absolute Gasteiger partial charge is 0.0621 e. The Morgan fingerprint density at radius 2 is 2.12 bits per heavy atom. The minimum atomic E-state index is 0.657. The van der Waals surface area contributed by atoms with Crippen LogP contribution in [0.25, 0.3) is 0 Å². The molecule has 3 nitrogen and oxygen atoms in total. The van der Waals surface area contributed by atoms with E-state index in [1.807, 2.05) is 0 Å². The zero-order valence-corrected chi connectivity index (χ0v) is 10.5. The van der Waals surface area contributed by atoms with Gasteiger partial charge in [0.1, 0.15) is 0 Å². The number of ether oxygens (including phenoxy) is 1. The molecule has 0 radical (unpaired) electrons. The molecule has 0 aromatic rings. The van der Waals surface area contributed by atoms with Gasteiger partial charge in [0.15, 0.2) is 0 Å². The van der Waals surface area contributed by atoms with Crippen molar-refractivity contribution in [3.63, 3.8) is 0 Å². The third kappa shape index (κ3) is 4.96. The maximum atomic E-state index is 8.42. The van der Waals surface area contributed by atoms with E-state index in [9.17, 15) is 0 Å². The minimum Gasteiger partial charge on any atom is -0.383 e. The summed E-state index contributed by atoms with van der Waals surface area (Å²) in [7, 11) is 1.79. The molecule has 0 saturated carbocycles. The van der Waals surface area contributed by atoms with Crippen molar-refractivity contribution in [1.29, 1.82) is 5.26 Å². The molecule has 0 spiro atoms. The van der Waals surface area contributed by atoms with Crippen LogP contribution in [0, 0.1) is 11.3 Å². The summed E-state index contributed by atoms with van der Waals surface area (Å²) in [6, 6.07) is 2.85. The first-order valence-electron chi connectivity index (χ1n) is 6.48. The third-order valence-corrected chi connectivity index (χ3v) is 3.34. The van der Waals surface area contributed by atoms with Crippen LogP contribution in [0.1, 0.15) is 44.9 Å². The fourth-order valence-electron chi connectivity index (χ4n) is 2.44. The molecule has 1 saturated heterocycles. The second-order valence-electron chi connectivity index (χ2n) is 4.61. The maximum Gasteiger partial charge on any atom is 0.0621 e. The highest BCUT2D eigenvalue weighted by Gasteiger charge is 2.23. The monoisotopic (exact) mass is 224 g/mol. The molecule has 0 bridgehead atoms. The number of nitrogens with zero attached hydrogens (tertiary/aromatic N) is 2. The summed E-state index contributed by atoms with van der Waals surface area (Å²) in [6.07, 6.45) is 8.14. The molecular formula is C13H24N2O. The predicted molar refractivity (Wildman–Crippen MR) is 65.2 cm³/mol. The first kappa shape index (κ1) is 13.5. The van der Waals surface area contributed by atoms with Gasteiger partial charge < -0.3 is 4.74 Å². The first-order valence-corrected chi connectivity index (χ1v) is 6.48. The molecule has 0 aromatic carbocycles. The number of hydrogen-bond donors (Lipinski definition) is 0. The Balaban J connectivity index is 2.01. The lowest BCUT2D eigenvalue weighted by molar-refractivity contribution is 0.114. The van der Waals surface area contributed by atoms with Gasteiger partial charge in [-0.25, -0.2) is 0 Å². The standard InChI is InChI=1S/C13H24N2O/c1-16-12-13-8-7-11-15(13)10-6-4-2-3-5-9-14/h13H,2-8,10-12H2,1H3/t13-/m1/s1. The Labute approximate surface area is 99.4 Å². The zero-order valence-electron chi connectivity index (χ0n) is 10.5. The van der Waals surface area contributed by atoms with Crippen molar-refractivity contribution in [3.8, 4) is 6.07 Å². The van der Waals surface area contributed by atoms with E-state index in [-0.39, 0.29) is 0 Å². The van der Waals surface area contributed by atoms with Crippen molar-refractivity contribution in [3.05, 3.63) is 0 Å². The van der Waals surface area contributed by atoms with Gasteiger partial charge in [-0.3, -0.25) is 4.90 Å². The second-order valence-corrected chi connectivity index (χ2v) is 4.61. The number of hydrogen-bond acceptors (Lipinski definition) is 3. The lowest BCUT2D eigenvalue weighted by Crippen LogP contribution is -2.33. The van der Waals surface area contributed by atoms with Crippen LogP contribution in [0.15, 0.2) is 0 Å². The average Bonchev–Trinajstić information content (AvgIpc) is 2.72. The Morgan fingerprint density at radius 1 is 1.31 bits per heavy atom. The zero-order chi connectivity index (χ0) is 11.6. The van der Waals surface area contributed by atoms with Gasteiger partial charge in [0, 0.05) is 19.6 Å². The highest BCUT2D eigenvalue weighted by atomic mass is 16.5. The highest BCUT2D eigenvalue weighted by Crippen LogP contribution is 2.18. The van der Waals surface area contributed by atoms with Crippen LogP contribution in [0.5, 0.6) is 0 Å². The number of methoxy groups -OCH3 is 1. The van der Waals surface area contributed by atoms with Gasteiger partial charge >= 0.3 is 0 Å². The van der Waals surface area contributed by atoms with Crippen LogP contribution in [-0.2, 0) is 4.74 Å². The largest absolute Gasteiger partial charge is 0.383 e. The van der Waals surface area contributed by atoms with E-state index in [2.05, 4.69) is 11.0 Å². The summed E-state index contributed by atoms with van der Waals surface area (Å²) < 4.78 is 5.24. The molecule has 92 valence electrons. The van der Waals surface area contributed by atoms with E-state index in [0.717, 1.165) is 19.4 Å². The molecule has 1 atom stereocenters. The second kappa shape index (κ2) is 8.55. The number of rotatable bonds is 8. The van der Waals surface area contributed by atoms with Crippen molar-refractivity contribution in [2.75, 3.05) is 26.8 Å². The predicted octanol–water partition coefficient (Wildman–Crippen LogP) is 2.57. The summed E-state index contributed by atoms with van der Waals surface area (Å²) in [5, 5.41) is 8.42. The first-order chi connectivity index (χ1) is 7.88. The molecule has 0 aromatic heterocycles. The molecule has 1 heterocycles. The summed E-state index contributed by atoms with van der Waals surface area (Å²) in [5.41, 5.74) is 0. The van der Waals surface area contributed by atoms with Gasteiger partial charge in [-0.05, 0) is 38.8 Å². The van der Waals surface area contributed by atoms with Crippen LogP contribution < -0.4 is 0 Å². The molecular weight excluding hydrogens is 200 g/mol. The van der Waals surface area contributed by atoms with Crippen molar-refractivity contribution in [1.82, 2.24) is 4.90 Å². The molecule has 0 aliphatic carbocycles. The molecule has 1 rings (SSSR count). The van der Waals surface area contributed by atoms with Gasteiger partial charge in [0.25, 0.3) is 0 Å². The van der Waals surface area contributed by atoms with Crippen LogP contribution in [0.2, 0.25) is 0 Å². The lowest BCUT2D eigenvalue weighted by Gasteiger charge is -2.23. The highest BCUT2D eigenvalue weighted by molar-refractivity contribution is 4.78. The average molecular weight is 224 g/mol. The van der Waals surface area contributed by atoms with Gasteiger partial charge in [-0.1, -0.05) is 12.8 Å². The number of nitriles is 1. The van der Waals surface area contributed by atoms with E-state index < -0.39 is 0 Å². The number of likely N-dealkylation sites (tertiary alicyclic amines) is 1. The Morgan fingerprint density at radius 3 is 2.88 bits per heavy atom. The van der Waals surface area contributed by atoms with Crippen molar-refractivity contribution in [2.24, 2.45) is 0 Å². The van der Waals surface area contributed by atoms with E-state index in [1.165, 1.54) is 45.2 Å². The summed E-state index contributed by atoms with van der Waals surface area (Å²) in [4.78, 5) is 2.56. The normalized spacial score (nSPS) is 21.1. The molecule has 16 heavy (non-hydrogen) atoms. The Hall–Kier alpha value is -0.590. The lowest BCUT2D eigenvalue weighted by atomic mass is 10.1. The molecule has 0 unspecified atom stereocenters. The molecule has 0 amide bonds. The SMILES string of the molecule is COC[C@H]1CCCN1CCCCCCC#N. The summed E-state index contributed by atoms with van der Waals surface area (Å²) >= 11 is 0. The summed E-state index contributed by atoms with van der Waals surface area (Å²) in [5.74, 6) is 0. The fourth-order valence-corrected chi connectivity index (χ4v) is 2.44. The van der Waals surface area contributed by atoms with Gasteiger partial charge in [0.05, 0.1) is 12.7 Å². The van der Waals surface area contributed by atoms with E-state index in [0.29, 0.717) is 6.04 Å². The van der Waals surface area contributed by atoms with Crippen LogP contribution in [0.3, 0.4) is 0 Å². The van der Waals surface area contributed by atoms with E-state index in [1.54, 1.807) is 7.11 Å². The third-order valence-electron chi connectivity index (χ3n) is 3.34. The van der Waals surface area contributed by atoms with E-state index in [4.69, 9.17) is 10.00 Å². The maximum absolute atomic E-state index is 8.42. The molecule has 0 N–H and O–H groups in total. The van der Waals surface area contributed by atoms with Crippen LogP contribution >= 0.6 is 0 Å². The Bertz CT molecular complexity index is 212. The van der Waals surface area contributed by atoms with Crippen LogP contribution in [-0.4, -0.2) is 37.7 Å². The molecule has 1 aliphatic heterocycles.